The molecule has 0 saturated carbocycles. The molecule has 1 aromatic carbocycles. The van der Waals surface area contributed by atoms with E-state index in [1.807, 2.05) is 30.3 Å². The molecular weight excluding hydrogens is 262 g/mol. The van der Waals surface area contributed by atoms with Gasteiger partial charge in [0.2, 0.25) is 0 Å². The minimum Gasteiger partial charge on any atom is -0.396 e. The summed E-state index contributed by atoms with van der Waals surface area (Å²) in [4.78, 5) is 0. The lowest BCUT2D eigenvalue weighted by atomic mass is 10.0. The molecule has 0 aliphatic rings. The average molecular weight is 279 g/mol. The van der Waals surface area contributed by atoms with E-state index in [0.717, 1.165) is 5.56 Å². The average Bonchev–Trinajstić information content (AvgIpc) is 2.82. The largest absolute Gasteiger partial charge is 0.396 e. The summed E-state index contributed by atoms with van der Waals surface area (Å²) in [7, 11) is -2.32. The molecule has 0 bridgehead atoms. The molecule has 2 N–H and O–H groups in total. The van der Waals surface area contributed by atoms with Crippen LogP contribution in [-0.4, -0.2) is 24.0 Å². The molecule has 0 radical (unpaired) electrons. The highest BCUT2D eigenvalue weighted by Crippen LogP contribution is 2.23. The van der Waals surface area contributed by atoms with Gasteiger partial charge in [-0.05, 0) is 18.4 Å². The second-order valence-corrected chi connectivity index (χ2v) is 5.49. The first-order valence-corrected chi connectivity index (χ1v) is 7.49. The van der Waals surface area contributed by atoms with E-state index in [1.54, 1.807) is 17.1 Å². The lowest BCUT2D eigenvalue weighted by Crippen LogP contribution is -2.12. The first-order valence-electron chi connectivity index (χ1n) is 6.13. The number of nitrogens with two attached hydrogens (primary N) is 1. The maximum absolute atomic E-state index is 10.7. The van der Waals surface area contributed by atoms with Crippen molar-refractivity contribution in [2.45, 2.75) is 18.9 Å². The third-order valence-electron chi connectivity index (χ3n) is 2.94. The third kappa shape index (κ3) is 3.82. The summed E-state index contributed by atoms with van der Waals surface area (Å²) in [5.74, 6) is 0.204. The molecule has 19 heavy (non-hydrogen) atoms. The van der Waals surface area contributed by atoms with E-state index in [0.29, 0.717) is 18.5 Å². The van der Waals surface area contributed by atoms with Crippen LogP contribution in [0, 0.1) is 0 Å². The predicted octanol–water partition coefficient (Wildman–Crippen LogP) is 1.45. The van der Waals surface area contributed by atoms with Crippen molar-refractivity contribution in [1.29, 1.82) is 0 Å². The summed E-state index contributed by atoms with van der Waals surface area (Å²) in [6, 6.07) is 9.92. The van der Waals surface area contributed by atoms with Gasteiger partial charge in [0.1, 0.15) is 10.7 Å². The molecule has 0 aliphatic heterocycles. The van der Waals surface area contributed by atoms with Crippen molar-refractivity contribution in [1.82, 2.24) is 9.78 Å². The summed E-state index contributed by atoms with van der Waals surface area (Å²) < 4.78 is 23.1. The zero-order valence-corrected chi connectivity index (χ0v) is 11.4. The molecule has 102 valence electrons. The van der Waals surface area contributed by atoms with Gasteiger partial charge in [0.25, 0.3) is 0 Å². The van der Waals surface area contributed by atoms with Crippen LogP contribution < -0.4 is 5.73 Å². The summed E-state index contributed by atoms with van der Waals surface area (Å²) in [6.07, 6.45) is 4.70. The molecule has 1 aromatic heterocycles. The van der Waals surface area contributed by atoms with Gasteiger partial charge < -0.3 is 5.73 Å². The van der Waals surface area contributed by atoms with E-state index in [4.69, 9.17) is 5.73 Å². The van der Waals surface area contributed by atoms with Crippen molar-refractivity contribution in [3.05, 3.63) is 48.3 Å². The first-order chi connectivity index (χ1) is 9.16. The molecule has 5 nitrogen and oxygen atoms in total. The zero-order valence-electron chi connectivity index (χ0n) is 10.5. The number of anilines is 1. The Morgan fingerprint density at radius 3 is 2.58 bits per heavy atom. The van der Waals surface area contributed by atoms with Crippen molar-refractivity contribution < 1.29 is 8.42 Å². The summed E-state index contributed by atoms with van der Waals surface area (Å²) in [6.45, 7) is 0. The normalized spacial score (nSPS) is 12.7. The number of benzene rings is 1. The van der Waals surface area contributed by atoms with Gasteiger partial charge in [-0.15, -0.1) is 0 Å². The van der Waals surface area contributed by atoms with Crippen LogP contribution in [-0.2, 0) is 10.7 Å². The molecule has 0 saturated heterocycles. The second kappa shape index (κ2) is 6.38. The number of rotatable bonds is 6. The Bertz CT molecular complexity index is 585. The lowest BCUT2D eigenvalue weighted by molar-refractivity contribution is 0.484. The van der Waals surface area contributed by atoms with Crippen molar-refractivity contribution in [3.8, 4) is 0 Å². The molecule has 0 fully saturated rings. The van der Waals surface area contributed by atoms with E-state index >= 15 is 0 Å². The van der Waals surface area contributed by atoms with Crippen molar-refractivity contribution in [3.63, 3.8) is 0 Å². The smallest absolute Gasteiger partial charge is 0.140 e. The van der Waals surface area contributed by atoms with Crippen LogP contribution in [0.5, 0.6) is 0 Å². The fourth-order valence-corrected chi connectivity index (χ4v) is 2.50. The van der Waals surface area contributed by atoms with Crippen molar-refractivity contribution in [2.75, 3.05) is 11.5 Å². The number of aromatic nitrogens is 2. The van der Waals surface area contributed by atoms with E-state index in [-0.39, 0.29) is 11.8 Å². The summed E-state index contributed by atoms with van der Waals surface area (Å²) in [5, 5.41) is 4.23. The molecular formula is C13H17N3O2S. The number of hydrogen-bond donors (Lipinski definition) is 2. The van der Waals surface area contributed by atoms with E-state index in [9.17, 15) is 8.42 Å². The fourth-order valence-electron chi connectivity index (χ4n) is 2.06. The van der Waals surface area contributed by atoms with Gasteiger partial charge in [-0.1, -0.05) is 30.3 Å². The van der Waals surface area contributed by atoms with Crippen LogP contribution in [0.4, 0.5) is 5.69 Å². The number of thiol groups is 1. The fraction of sp³-hybridized carbons (Fsp3) is 0.308. The van der Waals surface area contributed by atoms with E-state index in [1.165, 1.54) is 0 Å². The molecule has 0 aliphatic carbocycles. The van der Waals surface area contributed by atoms with E-state index < -0.39 is 10.7 Å². The third-order valence-corrected chi connectivity index (χ3v) is 3.62. The minimum atomic E-state index is -2.32. The second-order valence-electron chi connectivity index (χ2n) is 4.38. The highest BCUT2D eigenvalue weighted by atomic mass is 32.2. The molecule has 1 atom stereocenters. The lowest BCUT2D eigenvalue weighted by Gasteiger charge is -2.17. The van der Waals surface area contributed by atoms with Gasteiger partial charge in [-0.2, -0.15) is 5.10 Å². The van der Waals surface area contributed by atoms with Crippen LogP contribution in [0.3, 0.4) is 0 Å². The maximum atomic E-state index is 10.7. The molecule has 6 heteroatoms. The monoisotopic (exact) mass is 279 g/mol. The summed E-state index contributed by atoms with van der Waals surface area (Å²) in [5.41, 5.74) is 7.40. The van der Waals surface area contributed by atoms with Crippen LogP contribution in [0.25, 0.3) is 0 Å². The van der Waals surface area contributed by atoms with Crippen molar-refractivity contribution in [2.24, 2.45) is 0 Å². The predicted molar refractivity (Wildman–Crippen MR) is 75.6 cm³/mol. The molecule has 0 amide bonds. The van der Waals surface area contributed by atoms with Gasteiger partial charge in [0.05, 0.1) is 17.9 Å². The van der Waals surface area contributed by atoms with Crippen molar-refractivity contribution >= 4 is 16.4 Å². The van der Waals surface area contributed by atoms with Gasteiger partial charge in [-0.25, -0.2) is 8.42 Å². The molecule has 1 unspecified atom stereocenters. The van der Waals surface area contributed by atoms with Crippen LogP contribution in [0.2, 0.25) is 0 Å². The quantitative estimate of drug-likeness (QED) is 0.784. The van der Waals surface area contributed by atoms with Gasteiger partial charge >= 0.3 is 0 Å². The number of hydrogen-bond acceptors (Lipinski definition) is 4. The Labute approximate surface area is 114 Å². The van der Waals surface area contributed by atoms with Crippen LogP contribution in [0.15, 0.2) is 42.7 Å². The van der Waals surface area contributed by atoms with Crippen LogP contribution in [0.1, 0.15) is 24.4 Å². The van der Waals surface area contributed by atoms with Gasteiger partial charge in [-0.3, -0.25) is 4.68 Å². The standard InChI is InChI=1S/C13H17N3O2S/c14-12-9-15-16(10-12)13(7-4-8-19(17)18)11-5-2-1-3-6-11/h1-3,5-6,9-10,13,19H,4,7-8,14H2. The Morgan fingerprint density at radius 1 is 1.26 bits per heavy atom. The van der Waals surface area contributed by atoms with Crippen LogP contribution >= 0.6 is 0 Å². The molecule has 0 spiro atoms. The first kappa shape index (κ1) is 13.6. The highest BCUT2D eigenvalue weighted by molar-refractivity contribution is 7.72. The zero-order chi connectivity index (χ0) is 13.7. The Kier molecular flexibility index (Phi) is 4.57. The Hall–Kier alpha value is -1.82. The highest BCUT2D eigenvalue weighted by Gasteiger charge is 2.14. The number of nitrogens with zero attached hydrogens (tertiary/aromatic N) is 2. The summed E-state index contributed by atoms with van der Waals surface area (Å²) >= 11 is 0. The maximum Gasteiger partial charge on any atom is 0.140 e. The Morgan fingerprint density at radius 2 is 2.00 bits per heavy atom. The minimum absolute atomic E-state index is 0.0217. The topological polar surface area (TPSA) is 78.0 Å². The number of nitrogen functional groups attached to an aromatic ring is 1. The molecule has 2 aromatic rings. The molecule has 1 heterocycles. The molecule has 2 rings (SSSR count). The van der Waals surface area contributed by atoms with E-state index in [2.05, 4.69) is 5.10 Å². The van der Waals surface area contributed by atoms with Gasteiger partial charge in [0, 0.05) is 11.9 Å². The van der Waals surface area contributed by atoms with Gasteiger partial charge in [0.15, 0.2) is 0 Å². The SMILES string of the molecule is Nc1cnn(C(CCC[SH](=O)=O)c2ccccc2)c1. The Balaban J connectivity index is 2.18.